The summed E-state index contributed by atoms with van der Waals surface area (Å²) in [6.45, 7) is 0.477. The number of aromatic nitrogens is 1. The predicted octanol–water partition coefficient (Wildman–Crippen LogP) is 2.05. The van der Waals surface area contributed by atoms with Crippen LogP contribution in [0, 0.1) is 10.1 Å². The highest BCUT2D eigenvalue weighted by Crippen LogP contribution is 2.38. The molecule has 0 bridgehead atoms. The van der Waals surface area contributed by atoms with Gasteiger partial charge in [-0.25, -0.2) is 4.98 Å². The van der Waals surface area contributed by atoms with Gasteiger partial charge in [-0.2, -0.15) is 0 Å². The first-order valence-corrected chi connectivity index (χ1v) is 6.78. The van der Waals surface area contributed by atoms with Crippen LogP contribution in [0.5, 0.6) is 17.2 Å². The Balaban J connectivity index is 2.15. The number of hydrogen-bond acceptors (Lipinski definition) is 6. The summed E-state index contributed by atoms with van der Waals surface area (Å²) in [7, 11) is 4.65. The topological polar surface area (TPSA) is 97.0 Å². The molecule has 2 aromatic rings. The Morgan fingerprint density at radius 3 is 2.22 bits per heavy atom. The summed E-state index contributed by atoms with van der Waals surface area (Å²) < 4.78 is 15.9. The summed E-state index contributed by atoms with van der Waals surface area (Å²) in [5.41, 5.74) is 0.912. The van der Waals surface area contributed by atoms with Crippen LogP contribution in [0.15, 0.2) is 30.5 Å². The Bertz CT molecular complexity index is 663. The molecule has 23 heavy (non-hydrogen) atoms. The van der Waals surface area contributed by atoms with Crippen molar-refractivity contribution in [2.45, 2.75) is 6.54 Å². The minimum atomic E-state index is -0.459. The van der Waals surface area contributed by atoms with Crippen molar-refractivity contribution in [2.24, 2.45) is 0 Å². The SMILES string of the molecule is COc1cc(CNc2ccc([N+](=O)[O-])c[nH+]2)cc(OC)c1OC. The van der Waals surface area contributed by atoms with Crippen molar-refractivity contribution in [3.8, 4) is 17.2 Å². The molecule has 1 aromatic heterocycles. The first-order chi connectivity index (χ1) is 11.1. The highest BCUT2D eigenvalue weighted by atomic mass is 16.6. The summed E-state index contributed by atoms with van der Waals surface area (Å²) in [6, 6.07) is 6.70. The highest BCUT2D eigenvalue weighted by molar-refractivity contribution is 5.54. The molecule has 0 aliphatic rings. The average molecular weight is 320 g/mol. The zero-order chi connectivity index (χ0) is 16.8. The van der Waals surface area contributed by atoms with Gasteiger partial charge in [0.2, 0.25) is 5.75 Å². The van der Waals surface area contributed by atoms with Crippen molar-refractivity contribution in [3.63, 3.8) is 0 Å². The Morgan fingerprint density at radius 1 is 1.13 bits per heavy atom. The fourth-order valence-electron chi connectivity index (χ4n) is 2.07. The van der Waals surface area contributed by atoms with E-state index in [1.807, 2.05) is 12.1 Å². The van der Waals surface area contributed by atoms with Crippen LogP contribution < -0.4 is 24.5 Å². The smallest absolute Gasteiger partial charge is 0.308 e. The molecule has 0 atom stereocenters. The van der Waals surface area contributed by atoms with E-state index in [0.29, 0.717) is 29.6 Å². The molecular formula is C15H18N3O5+. The Morgan fingerprint density at radius 2 is 1.78 bits per heavy atom. The first-order valence-electron chi connectivity index (χ1n) is 6.78. The molecule has 0 spiro atoms. The molecule has 0 saturated carbocycles. The average Bonchev–Trinajstić information content (AvgIpc) is 2.59. The lowest BCUT2D eigenvalue weighted by Crippen LogP contribution is -2.13. The molecule has 1 aromatic carbocycles. The van der Waals surface area contributed by atoms with Gasteiger partial charge in [0.15, 0.2) is 17.7 Å². The molecule has 0 saturated heterocycles. The van der Waals surface area contributed by atoms with Crippen molar-refractivity contribution < 1.29 is 24.1 Å². The van der Waals surface area contributed by atoms with Crippen LogP contribution in [0.4, 0.5) is 11.5 Å². The molecular weight excluding hydrogens is 302 g/mol. The van der Waals surface area contributed by atoms with E-state index in [9.17, 15) is 10.1 Å². The zero-order valence-corrected chi connectivity index (χ0v) is 13.1. The van der Waals surface area contributed by atoms with Gasteiger partial charge in [0.1, 0.15) is 6.54 Å². The molecule has 0 unspecified atom stereocenters. The van der Waals surface area contributed by atoms with Gasteiger partial charge in [-0.15, -0.1) is 0 Å². The van der Waals surface area contributed by atoms with Crippen molar-refractivity contribution in [3.05, 3.63) is 46.1 Å². The highest BCUT2D eigenvalue weighted by Gasteiger charge is 2.14. The van der Waals surface area contributed by atoms with E-state index < -0.39 is 4.92 Å². The monoisotopic (exact) mass is 320 g/mol. The number of nitrogens with one attached hydrogen (secondary N) is 2. The van der Waals surface area contributed by atoms with Crippen LogP contribution in [0.3, 0.4) is 0 Å². The van der Waals surface area contributed by atoms with E-state index in [-0.39, 0.29) is 5.69 Å². The summed E-state index contributed by atoms with van der Waals surface area (Å²) in [6.07, 6.45) is 1.33. The zero-order valence-electron chi connectivity index (χ0n) is 13.1. The standard InChI is InChI=1S/C15H17N3O5/c1-21-12-6-10(7-13(22-2)15(12)23-3)8-16-14-5-4-11(9-17-14)18(19)20/h4-7,9H,8H2,1-3H3,(H,16,17)/p+1. The number of H-pyrrole nitrogens is 1. The van der Waals surface area contributed by atoms with Crippen molar-refractivity contribution in [1.82, 2.24) is 0 Å². The number of nitrogens with zero attached hydrogens (tertiary/aromatic N) is 1. The van der Waals surface area contributed by atoms with E-state index in [2.05, 4.69) is 10.3 Å². The van der Waals surface area contributed by atoms with Gasteiger partial charge >= 0.3 is 5.69 Å². The van der Waals surface area contributed by atoms with Gasteiger partial charge in [-0.3, -0.25) is 15.4 Å². The van der Waals surface area contributed by atoms with Crippen LogP contribution in [-0.2, 0) is 6.54 Å². The van der Waals surface area contributed by atoms with E-state index in [1.165, 1.54) is 12.3 Å². The summed E-state index contributed by atoms with van der Waals surface area (Å²) in [5, 5.41) is 13.8. The number of hydrogen-bond donors (Lipinski definition) is 1. The maximum absolute atomic E-state index is 10.6. The molecule has 8 nitrogen and oxygen atoms in total. The number of ether oxygens (including phenoxy) is 3. The van der Waals surface area contributed by atoms with Gasteiger partial charge < -0.3 is 14.2 Å². The maximum Gasteiger partial charge on any atom is 0.308 e. The van der Waals surface area contributed by atoms with Gasteiger partial charge in [0.05, 0.1) is 26.3 Å². The predicted molar refractivity (Wildman–Crippen MR) is 83.1 cm³/mol. The van der Waals surface area contributed by atoms with Crippen LogP contribution in [0.1, 0.15) is 5.56 Å². The molecule has 1 heterocycles. The number of methoxy groups -OCH3 is 3. The minimum Gasteiger partial charge on any atom is -0.493 e. The third-order valence-electron chi connectivity index (χ3n) is 3.21. The number of benzene rings is 1. The molecule has 0 radical (unpaired) electrons. The summed E-state index contributed by atoms with van der Waals surface area (Å²) in [4.78, 5) is 13.0. The third-order valence-corrected chi connectivity index (χ3v) is 3.21. The molecule has 0 aliphatic heterocycles. The van der Waals surface area contributed by atoms with E-state index >= 15 is 0 Å². The van der Waals surface area contributed by atoms with E-state index in [4.69, 9.17) is 14.2 Å². The lowest BCUT2D eigenvalue weighted by molar-refractivity contribution is -0.413. The molecule has 2 N–H and O–H groups in total. The van der Waals surface area contributed by atoms with Gasteiger partial charge in [0, 0.05) is 17.7 Å². The Kier molecular flexibility index (Phi) is 5.19. The molecule has 0 amide bonds. The van der Waals surface area contributed by atoms with Crippen LogP contribution in [0.25, 0.3) is 0 Å². The van der Waals surface area contributed by atoms with Crippen LogP contribution in [-0.4, -0.2) is 26.3 Å². The number of aromatic amines is 1. The molecule has 8 heteroatoms. The largest absolute Gasteiger partial charge is 0.493 e. The van der Waals surface area contributed by atoms with Crippen molar-refractivity contribution >= 4 is 11.5 Å². The maximum atomic E-state index is 10.6. The molecule has 122 valence electrons. The Hall–Kier alpha value is -3.03. The minimum absolute atomic E-state index is 0.00309. The number of anilines is 1. The molecule has 2 rings (SSSR count). The number of nitro groups is 1. The second kappa shape index (κ2) is 7.30. The van der Waals surface area contributed by atoms with Gasteiger partial charge in [0.25, 0.3) is 5.82 Å². The fraction of sp³-hybridized carbons (Fsp3) is 0.267. The third kappa shape index (κ3) is 3.79. The fourth-order valence-corrected chi connectivity index (χ4v) is 2.07. The van der Waals surface area contributed by atoms with Crippen molar-refractivity contribution in [1.29, 1.82) is 0 Å². The van der Waals surface area contributed by atoms with E-state index in [1.54, 1.807) is 27.4 Å². The van der Waals surface area contributed by atoms with Crippen molar-refractivity contribution in [2.75, 3.05) is 26.6 Å². The first kappa shape index (κ1) is 16.3. The normalized spacial score (nSPS) is 10.0. The van der Waals surface area contributed by atoms with Gasteiger partial charge in [-0.1, -0.05) is 0 Å². The quantitative estimate of drug-likeness (QED) is 0.619. The van der Waals surface area contributed by atoms with Crippen LogP contribution in [0.2, 0.25) is 0 Å². The Labute approximate surface area is 133 Å². The lowest BCUT2D eigenvalue weighted by atomic mass is 10.1. The summed E-state index contributed by atoms with van der Waals surface area (Å²) >= 11 is 0. The van der Waals surface area contributed by atoms with E-state index in [0.717, 1.165) is 5.56 Å². The molecule has 0 aliphatic carbocycles. The summed E-state index contributed by atoms with van der Waals surface area (Å²) in [5.74, 6) is 2.32. The second-order valence-electron chi connectivity index (χ2n) is 4.60. The number of rotatable bonds is 7. The van der Waals surface area contributed by atoms with Gasteiger partial charge in [-0.05, 0) is 12.1 Å². The van der Waals surface area contributed by atoms with Crippen LogP contribution >= 0.6 is 0 Å². The molecule has 0 fully saturated rings. The lowest BCUT2D eigenvalue weighted by Gasteiger charge is -2.13. The second-order valence-corrected chi connectivity index (χ2v) is 4.60. The number of pyridine rings is 1.